The van der Waals surface area contributed by atoms with E-state index in [4.69, 9.17) is 23.8 Å². The van der Waals surface area contributed by atoms with Gasteiger partial charge in [0.05, 0.1) is 0 Å². The fourth-order valence-electron chi connectivity index (χ4n) is 9.32. The monoisotopic (exact) mass is 773 g/mol. The van der Waals surface area contributed by atoms with E-state index in [1.807, 2.05) is 42.1 Å². The Kier molecular flexibility index (Phi) is 7.00. The number of fused-ring (bicyclic) bond motifs is 12. The Balaban J connectivity index is 1.04. The van der Waals surface area contributed by atoms with Crippen LogP contribution in [0.15, 0.2) is 190 Å². The molecule has 0 radical (unpaired) electrons. The predicted octanol–water partition coefficient (Wildman–Crippen LogP) is 14.3. The van der Waals surface area contributed by atoms with Gasteiger partial charge < -0.3 is 8.83 Å². The molecule has 6 heteroatoms. The Hall–Kier alpha value is -7.28. The Morgan fingerprint density at radius 1 is 0.441 bits per heavy atom. The van der Waals surface area contributed by atoms with Crippen molar-refractivity contribution >= 4 is 77.2 Å². The maximum absolute atomic E-state index is 6.84. The van der Waals surface area contributed by atoms with Gasteiger partial charge in [0.15, 0.2) is 17.5 Å². The number of thioether (sulfide) groups is 1. The van der Waals surface area contributed by atoms with Crippen molar-refractivity contribution in [2.75, 3.05) is 0 Å². The first kappa shape index (κ1) is 32.8. The van der Waals surface area contributed by atoms with Crippen molar-refractivity contribution in [1.82, 2.24) is 15.0 Å². The number of hydrogen-bond acceptors (Lipinski definition) is 6. The van der Waals surface area contributed by atoms with Crippen molar-refractivity contribution in [3.63, 3.8) is 0 Å². The molecule has 2 aliphatic rings. The zero-order valence-corrected chi connectivity index (χ0v) is 32.3. The Morgan fingerprint density at radius 2 is 1.07 bits per heavy atom. The lowest BCUT2D eigenvalue weighted by Gasteiger charge is -2.15. The zero-order valence-electron chi connectivity index (χ0n) is 31.5. The van der Waals surface area contributed by atoms with Crippen molar-refractivity contribution < 1.29 is 8.83 Å². The lowest BCUT2D eigenvalue weighted by molar-refractivity contribution is 0.668. The maximum atomic E-state index is 6.84. The summed E-state index contributed by atoms with van der Waals surface area (Å²) >= 11 is 1.92. The number of para-hydroxylation sites is 2. The fraction of sp³-hybridized carbons (Fsp3) is 0.0377. The molecule has 59 heavy (non-hydrogen) atoms. The summed E-state index contributed by atoms with van der Waals surface area (Å²) in [4.78, 5) is 17.2. The molecule has 0 saturated carbocycles. The highest BCUT2D eigenvalue weighted by molar-refractivity contribution is 8.00. The first-order valence-electron chi connectivity index (χ1n) is 19.9. The van der Waals surface area contributed by atoms with E-state index in [1.54, 1.807) is 0 Å². The first-order chi connectivity index (χ1) is 29.2. The molecule has 13 rings (SSSR count). The minimum atomic E-state index is 0.320. The van der Waals surface area contributed by atoms with Gasteiger partial charge in [-0.25, -0.2) is 15.0 Å². The van der Waals surface area contributed by atoms with E-state index in [1.165, 1.54) is 26.6 Å². The molecule has 0 fully saturated rings. The third-order valence-electron chi connectivity index (χ3n) is 12.1. The number of hydrogen-bond donors (Lipinski definition) is 0. The highest BCUT2D eigenvalue weighted by Gasteiger charge is 2.31. The number of aromatic nitrogens is 3. The van der Waals surface area contributed by atoms with Gasteiger partial charge in [-0.1, -0.05) is 140 Å². The standard InChI is InChI=1S/C53H31N3O2S/c1-2-11-34-30(10-1)22-23-31-24-25-32(28-41(31)34)51-54-52(33-26-27-47-42(29-33)35-12-4-6-21-46(35)59-47)56-53(55-51)40-17-9-20-45-49(40)39-16-7-15-37(50(39)58-45)36-14-8-19-44-48(36)38-13-3-5-18-43(38)57-44/h1-29,35,46H. The van der Waals surface area contributed by atoms with Gasteiger partial charge in [-0.2, -0.15) is 0 Å². The van der Waals surface area contributed by atoms with Gasteiger partial charge in [-0.15, -0.1) is 11.8 Å². The minimum Gasteiger partial charge on any atom is -0.456 e. The van der Waals surface area contributed by atoms with Crippen molar-refractivity contribution in [2.24, 2.45) is 0 Å². The quantitative estimate of drug-likeness (QED) is 0.166. The predicted molar refractivity (Wildman–Crippen MR) is 242 cm³/mol. The second kappa shape index (κ2) is 12.6. The van der Waals surface area contributed by atoms with E-state index >= 15 is 0 Å². The lowest BCUT2D eigenvalue weighted by Crippen LogP contribution is -2.07. The van der Waals surface area contributed by atoms with Crippen molar-refractivity contribution in [3.8, 4) is 45.3 Å². The summed E-state index contributed by atoms with van der Waals surface area (Å²) in [5.74, 6) is 2.18. The average molecular weight is 774 g/mol. The third kappa shape index (κ3) is 5.03. The molecule has 5 nitrogen and oxygen atoms in total. The molecule has 8 aromatic carbocycles. The SMILES string of the molecule is C1=CC2Sc3ccc(-c4nc(-c5ccc6ccc7ccccc7c6c5)nc(-c5cccc6oc7c(-c8cccc9oc%10ccccc%10c89)cccc7c56)n4)cc3C2C=C1. The summed E-state index contributed by atoms with van der Waals surface area (Å²) in [6.07, 6.45) is 8.93. The summed E-state index contributed by atoms with van der Waals surface area (Å²) in [6, 6.07) is 53.1. The average Bonchev–Trinajstić information content (AvgIpc) is 4.00. The molecule has 0 amide bonds. The van der Waals surface area contributed by atoms with Crippen molar-refractivity contribution in [2.45, 2.75) is 16.1 Å². The van der Waals surface area contributed by atoms with E-state index in [0.29, 0.717) is 28.6 Å². The van der Waals surface area contributed by atoms with Crippen LogP contribution >= 0.6 is 11.8 Å². The molecule has 11 aromatic rings. The summed E-state index contributed by atoms with van der Waals surface area (Å²) in [5, 5.41) is 9.25. The van der Waals surface area contributed by atoms with Crippen LogP contribution in [-0.2, 0) is 0 Å². The van der Waals surface area contributed by atoms with Crippen molar-refractivity contribution in [3.05, 3.63) is 182 Å². The summed E-state index contributed by atoms with van der Waals surface area (Å²) in [5.41, 5.74) is 9.46. The Bertz CT molecular complexity index is 3630. The molecule has 0 bridgehead atoms. The summed E-state index contributed by atoms with van der Waals surface area (Å²) in [6.45, 7) is 0. The van der Waals surface area contributed by atoms with E-state index < -0.39 is 0 Å². The molecule has 1 aliphatic carbocycles. The fourth-order valence-corrected chi connectivity index (χ4v) is 10.6. The van der Waals surface area contributed by atoms with Gasteiger partial charge in [0.25, 0.3) is 0 Å². The number of nitrogens with zero attached hydrogens (tertiary/aromatic N) is 3. The van der Waals surface area contributed by atoms with Crippen LogP contribution in [0.5, 0.6) is 0 Å². The van der Waals surface area contributed by atoms with Gasteiger partial charge in [0.2, 0.25) is 0 Å². The molecule has 2 unspecified atom stereocenters. The van der Waals surface area contributed by atoms with Gasteiger partial charge in [0, 0.05) is 59.9 Å². The molecule has 0 spiro atoms. The van der Waals surface area contributed by atoms with Gasteiger partial charge in [-0.3, -0.25) is 0 Å². The minimum absolute atomic E-state index is 0.320. The van der Waals surface area contributed by atoms with Gasteiger partial charge in [0.1, 0.15) is 22.3 Å². The molecule has 276 valence electrons. The van der Waals surface area contributed by atoms with Crippen LogP contribution < -0.4 is 0 Å². The number of allylic oxidation sites excluding steroid dienone is 3. The van der Waals surface area contributed by atoms with Crippen LogP contribution in [0.1, 0.15) is 11.5 Å². The van der Waals surface area contributed by atoms with E-state index in [2.05, 4.69) is 146 Å². The first-order valence-corrected chi connectivity index (χ1v) is 20.8. The topological polar surface area (TPSA) is 65.0 Å². The van der Waals surface area contributed by atoms with Crippen molar-refractivity contribution in [1.29, 1.82) is 0 Å². The Morgan fingerprint density at radius 3 is 1.97 bits per heavy atom. The normalized spacial score (nSPS) is 15.9. The molecule has 0 saturated heterocycles. The molecular weight excluding hydrogens is 743 g/mol. The molecular formula is C53H31N3O2S. The molecule has 1 aliphatic heterocycles. The number of rotatable bonds is 4. The zero-order chi connectivity index (χ0) is 38.6. The van der Waals surface area contributed by atoms with Crippen LogP contribution in [0.2, 0.25) is 0 Å². The van der Waals surface area contributed by atoms with E-state index in [9.17, 15) is 0 Å². The van der Waals surface area contributed by atoms with Gasteiger partial charge in [-0.05, 0) is 69.1 Å². The second-order valence-corrected chi connectivity index (χ2v) is 16.6. The van der Waals surface area contributed by atoms with Crippen LogP contribution in [0, 0.1) is 0 Å². The smallest absolute Gasteiger partial charge is 0.164 e. The Labute approximate surface area is 342 Å². The second-order valence-electron chi connectivity index (χ2n) is 15.4. The van der Waals surface area contributed by atoms with Crippen LogP contribution in [0.25, 0.3) is 111 Å². The molecule has 2 atom stereocenters. The molecule has 3 aromatic heterocycles. The largest absolute Gasteiger partial charge is 0.456 e. The van der Waals surface area contributed by atoms with Crippen LogP contribution in [0.3, 0.4) is 0 Å². The number of benzene rings is 8. The van der Waals surface area contributed by atoms with Gasteiger partial charge >= 0.3 is 0 Å². The third-order valence-corrected chi connectivity index (χ3v) is 13.4. The van der Waals surface area contributed by atoms with Crippen LogP contribution in [-0.4, -0.2) is 20.2 Å². The lowest BCUT2D eigenvalue weighted by atomic mass is 9.91. The van der Waals surface area contributed by atoms with Crippen LogP contribution in [0.4, 0.5) is 0 Å². The molecule has 0 N–H and O–H groups in total. The van der Waals surface area contributed by atoms with E-state index in [0.717, 1.165) is 77.1 Å². The highest BCUT2D eigenvalue weighted by atomic mass is 32.2. The maximum Gasteiger partial charge on any atom is 0.164 e. The van der Waals surface area contributed by atoms with E-state index in [-0.39, 0.29) is 0 Å². The summed E-state index contributed by atoms with van der Waals surface area (Å²) < 4.78 is 13.1. The highest BCUT2D eigenvalue weighted by Crippen LogP contribution is 2.49. The number of furan rings is 2. The summed E-state index contributed by atoms with van der Waals surface area (Å²) in [7, 11) is 0. The molecule has 4 heterocycles.